The van der Waals surface area contributed by atoms with Gasteiger partial charge in [-0.2, -0.15) is 0 Å². The Kier molecular flexibility index (Phi) is 6.17. The number of rotatable bonds is 7. The number of oxime groups is 1. The van der Waals surface area contributed by atoms with Crippen molar-refractivity contribution in [2.45, 2.75) is 12.5 Å². The average molecular weight is 407 g/mol. The van der Waals surface area contributed by atoms with E-state index in [0.29, 0.717) is 16.8 Å². The predicted octanol–water partition coefficient (Wildman–Crippen LogP) is 2.52. The highest BCUT2D eigenvalue weighted by molar-refractivity contribution is 6.49. The lowest BCUT2D eigenvalue weighted by Gasteiger charge is -2.05. The van der Waals surface area contributed by atoms with Crippen LogP contribution in [0.15, 0.2) is 59.8 Å². The highest BCUT2D eigenvalue weighted by Crippen LogP contribution is 2.19. The molecule has 0 spiro atoms. The summed E-state index contributed by atoms with van der Waals surface area (Å²) in [6, 6.07) is 12.3. The molecule has 0 aliphatic carbocycles. The molecule has 8 nitrogen and oxygen atoms in total. The molecule has 1 aliphatic rings. The average Bonchev–Trinajstić information content (AvgIpc) is 3.27. The van der Waals surface area contributed by atoms with E-state index < -0.39 is 29.6 Å². The standard InChI is InChI=1S/C22H17NO7/c1-29-22(28)18-12-17(23-30-18)14-7-9-16(10-8-14)21(27)20(26)15-5-2-13(3-6-15)4-11-19(24)25/h2-11,18H,12H2,1H3,(H,24,25)/b11-4+. The minimum atomic E-state index is -1.08. The second-order valence-corrected chi connectivity index (χ2v) is 6.39. The molecule has 1 unspecified atom stereocenters. The summed E-state index contributed by atoms with van der Waals surface area (Å²) in [7, 11) is 1.27. The predicted molar refractivity (Wildman–Crippen MR) is 106 cm³/mol. The number of hydrogen-bond donors (Lipinski definition) is 1. The Bertz CT molecular complexity index is 1050. The molecule has 0 saturated heterocycles. The summed E-state index contributed by atoms with van der Waals surface area (Å²) < 4.78 is 4.62. The molecule has 2 aromatic carbocycles. The first kappa shape index (κ1) is 20.7. The third kappa shape index (κ3) is 4.67. The molecule has 2 aromatic rings. The van der Waals surface area contributed by atoms with E-state index in [-0.39, 0.29) is 17.5 Å². The number of ketones is 2. The van der Waals surface area contributed by atoms with Crippen molar-refractivity contribution in [3.63, 3.8) is 0 Å². The Morgan fingerprint density at radius 1 is 1.00 bits per heavy atom. The Hall–Kier alpha value is -4.07. The van der Waals surface area contributed by atoms with Gasteiger partial charge in [-0.1, -0.05) is 53.7 Å². The van der Waals surface area contributed by atoms with Crippen LogP contribution < -0.4 is 0 Å². The fourth-order valence-electron chi connectivity index (χ4n) is 2.80. The van der Waals surface area contributed by atoms with Crippen LogP contribution in [0.25, 0.3) is 6.08 Å². The maximum atomic E-state index is 12.5. The second kappa shape index (κ2) is 8.95. The highest BCUT2D eigenvalue weighted by Gasteiger charge is 2.29. The Morgan fingerprint density at radius 2 is 1.57 bits per heavy atom. The summed E-state index contributed by atoms with van der Waals surface area (Å²) in [5.41, 5.74) is 2.21. The van der Waals surface area contributed by atoms with Crippen LogP contribution in [0, 0.1) is 0 Å². The molecular formula is C22H17NO7. The minimum Gasteiger partial charge on any atom is -0.478 e. The lowest BCUT2D eigenvalue weighted by atomic mass is 9.98. The van der Waals surface area contributed by atoms with E-state index in [1.54, 1.807) is 24.3 Å². The molecule has 0 amide bonds. The van der Waals surface area contributed by atoms with Gasteiger partial charge in [0.25, 0.3) is 0 Å². The zero-order valence-corrected chi connectivity index (χ0v) is 15.9. The van der Waals surface area contributed by atoms with Crippen LogP contribution in [-0.2, 0) is 19.2 Å². The molecule has 8 heteroatoms. The Morgan fingerprint density at radius 3 is 2.10 bits per heavy atom. The number of carboxylic acid groups (broad SMARTS) is 1. The number of benzene rings is 2. The van der Waals surface area contributed by atoms with E-state index >= 15 is 0 Å². The third-order valence-corrected chi connectivity index (χ3v) is 4.41. The van der Waals surface area contributed by atoms with E-state index in [1.165, 1.54) is 37.5 Å². The smallest absolute Gasteiger partial charge is 0.350 e. The van der Waals surface area contributed by atoms with Crippen LogP contribution in [0.1, 0.15) is 38.3 Å². The van der Waals surface area contributed by atoms with Crippen molar-refractivity contribution in [1.29, 1.82) is 0 Å². The van der Waals surface area contributed by atoms with Gasteiger partial charge in [0, 0.05) is 23.6 Å². The summed E-state index contributed by atoms with van der Waals surface area (Å²) in [6.45, 7) is 0. The van der Waals surface area contributed by atoms with Gasteiger partial charge in [-0.3, -0.25) is 9.59 Å². The first-order valence-corrected chi connectivity index (χ1v) is 8.90. The van der Waals surface area contributed by atoms with E-state index in [0.717, 1.165) is 6.08 Å². The number of esters is 1. The van der Waals surface area contributed by atoms with Gasteiger partial charge in [0.15, 0.2) is 0 Å². The fraction of sp³-hybridized carbons (Fsp3) is 0.136. The van der Waals surface area contributed by atoms with Crippen LogP contribution >= 0.6 is 0 Å². The third-order valence-electron chi connectivity index (χ3n) is 4.41. The minimum absolute atomic E-state index is 0.200. The second-order valence-electron chi connectivity index (χ2n) is 6.39. The highest BCUT2D eigenvalue weighted by atomic mass is 16.7. The summed E-state index contributed by atoms with van der Waals surface area (Å²) in [4.78, 5) is 52.0. The van der Waals surface area contributed by atoms with Crippen molar-refractivity contribution < 1.29 is 33.9 Å². The van der Waals surface area contributed by atoms with Crippen LogP contribution in [-0.4, -0.2) is 47.5 Å². The van der Waals surface area contributed by atoms with Crippen LogP contribution in [0.5, 0.6) is 0 Å². The summed E-state index contributed by atoms with van der Waals surface area (Å²) in [5, 5.41) is 12.5. The molecule has 0 fully saturated rings. The van der Waals surface area contributed by atoms with Crippen molar-refractivity contribution in [3.8, 4) is 0 Å². The molecule has 152 valence electrons. The molecule has 1 N–H and O–H groups in total. The van der Waals surface area contributed by atoms with E-state index in [1.807, 2.05) is 0 Å². The molecule has 0 saturated carbocycles. The number of ether oxygens (including phenoxy) is 1. The van der Waals surface area contributed by atoms with E-state index in [2.05, 4.69) is 9.89 Å². The van der Waals surface area contributed by atoms with Crippen molar-refractivity contribution in [2.24, 2.45) is 5.16 Å². The quantitative estimate of drug-likeness (QED) is 0.324. The first-order valence-electron chi connectivity index (χ1n) is 8.90. The van der Waals surface area contributed by atoms with Crippen molar-refractivity contribution in [3.05, 3.63) is 76.9 Å². The maximum Gasteiger partial charge on any atom is 0.350 e. The van der Waals surface area contributed by atoms with E-state index in [9.17, 15) is 19.2 Å². The van der Waals surface area contributed by atoms with E-state index in [4.69, 9.17) is 9.94 Å². The van der Waals surface area contributed by atoms with Gasteiger partial charge in [0.2, 0.25) is 17.7 Å². The SMILES string of the molecule is COC(=O)C1CC(c2ccc(C(=O)C(=O)c3ccc(/C=C/C(=O)O)cc3)cc2)=NO1. The van der Waals surface area contributed by atoms with Gasteiger partial charge >= 0.3 is 11.9 Å². The Labute approximate surface area is 171 Å². The number of carbonyl (C=O) groups excluding carboxylic acids is 3. The molecular weight excluding hydrogens is 390 g/mol. The molecule has 1 heterocycles. The number of nitrogens with zero attached hydrogens (tertiary/aromatic N) is 1. The molecule has 0 aromatic heterocycles. The van der Waals surface area contributed by atoms with Gasteiger partial charge in [0.05, 0.1) is 12.8 Å². The number of methoxy groups -OCH3 is 1. The largest absolute Gasteiger partial charge is 0.478 e. The molecule has 3 rings (SSSR count). The van der Waals surface area contributed by atoms with Gasteiger partial charge in [-0.05, 0) is 17.2 Å². The zero-order chi connectivity index (χ0) is 21.7. The normalized spacial score (nSPS) is 15.4. The molecule has 0 radical (unpaired) electrons. The van der Waals surface area contributed by atoms with Gasteiger partial charge in [-0.25, -0.2) is 9.59 Å². The van der Waals surface area contributed by atoms with Crippen LogP contribution in [0.4, 0.5) is 0 Å². The van der Waals surface area contributed by atoms with Crippen molar-refractivity contribution in [1.82, 2.24) is 0 Å². The summed E-state index contributed by atoms with van der Waals surface area (Å²) >= 11 is 0. The van der Waals surface area contributed by atoms with Gasteiger partial charge in [-0.15, -0.1) is 0 Å². The lowest BCUT2D eigenvalue weighted by molar-refractivity contribution is -0.152. The number of carbonyl (C=O) groups is 4. The first-order chi connectivity index (χ1) is 14.4. The molecule has 1 aliphatic heterocycles. The van der Waals surface area contributed by atoms with Crippen LogP contribution in [0.3, 0.4) is 0 Å². The lowest BCUT2D eigenvalue weighted by Crippen LogP contribution is -2.22. The van der Waals surface area contributed by atoms with Crippen molar-refractivity contribution in [2.75, 3.05) is 7.11 Å². The molecule has 0 bridgehead atoms. The van der Waals surface area contributed by atoms with Gasteiger partial charge in [0.1, 0.15) is 0 Å². The molecule has 30 heavy (non-hydrogen) atoms. The Balaban J connectivity index is 1.68. The summed E-state index contributed by atoms with van der Waals surface area (Å²) in [5.74, 6) is -2.95. The summed E-state index contributed by atoms with van der Waals surface area (Å²) in [6.07, 6.45) is 1.83. The zero-order valence-electron chi connectivity index (χ0n) is 15.9. The number of Topliss-reactive ketones (excluding diaryl/α,β-unsaturated/α-hetero) is 2. The fourth-order valence-corrected chi connectivity index (χ4v) is 2.80. The number of aliphatic carboxylic acids is 1. The monoisotopic (exact) mass is 407 g/mol. The molecule has 1 atom stereocenters. The number of carboxylic acids is 1. The van der Waals surface area contributed by atoms with Gasteiger partial charge < -0.3 is 14.7 Å². The van der Waals surface area contributed by atoms with Crippen molar-refractivity contribution >= 4 is 35.3 Å². The maximum absolute atomic E-state index is 12.5. The number of hydrogen-bond acceptors (Lipinski definition) is 7. The topological polar surface area (TPSA) is 119 Å². The van der Waals surface area contributed by atoms with Crippen LogP contribution in [0.2, 0.25) is 0 Å².